The van der Waals surface area contributed by atoms with E-state index in [9.17, 15) is 0 Å². The molecule has 0 bridgehead atoms. The van der Waals surface area contributed by atoms with Gasteiger partial charge in [0, 0.05) is 30.7 Å². The van der Waals surface area contributed by atoms with E-state index in [0.29, 0.717) is 11.5 Å². The number of anilines is 1. The number of hydrogen-bond donors (Lipinski definition) is 2. The summed E-state index contributed by atoms with van der Waals surface area (Å²) < 4.78 is 0. The van der Waals surface area contributed by atoms with E-state index in [4.69, 9.17) is 18.0 Å². The molecule has 0 aliphatic heterocycles. The average molecular weight is 279 g/mol. The fraction of sp³-hybridized carbons (Fsp3) is 0.273. The van der Waals surface area contributed by atoms with E-state index >= 15 is 0 Å². The summed E-state index contributed by atoms with van der Waals surface area (Å²) in [4.78, 5) is 12.9. The number of rotatable bonds is 5. The smallest absolute Gasteiger partial charge is 0.155 e. The zero-order chi connectivity index (χ0) is 13.0. The standard InChI is InChI=1S/C11H13N5S2/c1-7-16-8(6-18-7)2-3-14-11-9(10(12)17)13-4-5-15-11/h4-6H,2-3H2,1H3,(H2,12,17)(H,14,15). The highest BCUT2D eigenvalue weighted by Crippen LogP contribution is 2.10. The van der Waals surface area contributed by atoms with Gasteiger partial charge in [-0.3, -0.25) is 0 Å². The van der Waals surface area contributed by atoms with Crippen LogP contribution >= 0.6 is 23.6 Å². The molecule has 18 heavy (non-hydrogen) atoms. The van der Waals surface area contributed by atoms with Gasteiger partial charge in [0.05, 0.1) is 10.7 Å². The molecular weight excluding hydrogens is 266 g/mol. The first-order valence-corrected chi connectivity index (χ1v) is 6.71. The third-order valence-corrected chi connectivity index (χ3v) is 3.29. The van der Waals surface area contributed by atoms with Crippen molar-refractivity contribution >= 4 is 34.4 Å². The van der Waals surface area contributed by atoms with Crippen molar-refractivity contribution < 1.29 is 0 Å². The fourth-order valence-corrected chi connectivity index (χ4v) is 2.28. The Labute approximate surface area is 114 Å². The van der Waals surface area contributed by atoms with Crippen LogP contribution in [-0.2, 0) is 6.42 Å². The molecule has 5 nitrogen and oxygen atoms in total. The van der Waals surface area contributed by atoms with E-state index in [1.165, 1.54) is 0 Å². The number of nitrogens with zero attached hydrogens (tertiary/aromatic N) is 3. The maximum Gasteiger partial charge on any atom is 0.155 e. The number of hydrogen-bond acceptors (Lipinski definition) is 6. The summed E-state index contributed by atoms with van der Waals surface area (Å²) in [6, 6.07) is 0. The predicted octanol–water partition coefficient (Wildman–Crippen LogP) is 1.53. The van der Waals surface area contributed by atoms with Crippen molar-refractivity contribution in [2.24, 2.45) is 5.73 Å². The molecule has 0 atom stereocenters. The van der Waals surface area contributed by atoms with Gasteiger partial charge in [-0.05, 0) is 6.92 Å². The van der Waals surface area contributed by atoms with Crippen molar-refractivity contribution in [3.63, 3.8) is 0 Å². The van der Waals surface area contributed by atoms with E-state index in [0.717, 1.165) is 23.7 Å². The molecule has 0 saturated heterocycles. The molecule has 0 aromatic carbocycles. The first-order valence-electron chi connectivity index (χ1n) is 5.42. The zero-order valence-corrected chi connectivity index (χ0v) is 11.5. The SMILES string of the molecule is Cc1nc(CCNc2nccnc2C(N)=S)cs1. The van der Waals surface area contributed by atoms with Crippen molar-refractivity contribution in [2.75, 3.05) is 11.9 Å². The van der Waals surface area contributed by atoms with E-state index in [1.54, 1.807) is 23.7 Å². The van der Waals surface area contributed by atoms with Crippen LogP contribution in [0.4, 0.5) is 5.82 Å². The largest absolute Gasteiger partial charge is 0.388 e. The van der Waals surface area contributed by atoms with Crippen LogP contribution < -0.4 is 11.1 Å². The van der Waals surface area contributed by atoms with Crippen LogP contribution in [0.3, 0.4) is 0 Å². The van der Waals surface area contributed by atoms with Gasteiger partial charge in [0.1, 0.15) is 10.7 Å². The fourth-order valence-electron chi connectivity index (χ4n) is 1.48. The molecule has 94 valence electrons. The second-order valence-corrected chi connectivity index (χ2v) is 5.15. The minimum absolute atomic E-state index is 0.245. The van der Waals surface area contributed by atoms with Crippen molar-refractivity contribution in [1.29, 1.82) is 0 Å². The maximum absolute atomic E-state index is 5.58. The van der Waals surface area contributed by atoms with E-state index in [-0.39, 0.29) is 4.99 Å². The Morgan fingerprint density at radius 3 is 2.89 bits per heavy atom. The Balaban J connectivity index is 1.96. The molecule has 0 aliphatic carbocycles. The van der Waals surface area contributed by atoms with Crippen molar-refractivity contribution in [2.45, 2.75) is 13.3 Å². The summed E-state index contributed by atoms with van der Waals surface area (Å²) in [7, 11) is 0. The van der Waals surface area contributed by atoms with Crippen LogP contribution in [0.25, 0.3) is 0 Å². The first kappa shape index (κ1) is 12.8. The number of thiocarbonyl (C=S) groups is 1. The normalized spacial score (nSPS) is 10.3. The van der Waals surface area contributed by atoms with Gasteiger partial charge in [-0.25, -0.2) is 15.0 Å². The van der Waals surface area contributed by atoms with Gasteiger partial charge in [-0.15, -0.1) is 11.3 Å². The third kappa shape index (κ3) is 3.21. The monoisotopic (exact) mass is 279 g/mol. The topological polar surface area (TPSA) is 76.7 Å². The summed E-state index contributed by atoms with van der Waals surface area (Å²) in [6.07, 6.45) is 4.01. The van der Waals surface area contributed by atoms with Crippen LogP contribution in [0, 0.1) is 6.92 Å². The van der Waals surface area contributed by atoms with Crippen molar-refractivity contribution in [1.82, 2.24) is 15.0 Å². The zero-order valence-electron chi connectivity index (χ0n) is 9.88. The molecule has 0 spiro atoms. The molecule has 2 aromatic heterocycles. The molecule has 0 unspecified atom stereocenters. The van der Waals surface area contributed by atoms with Gasteiger partial charge in [0.25, 0.3) is 0 Å². The number of nitrogens with two attached hydrogens (primary N) is 1. The second-order valence-electron chi connectivity index (χ2n) is 3.65. The van der Waals surface area contributed by atoms with Gasteiger partial charge in [0.2, 0.25) is 0 Å². The highest BCUT2D eigenvalue weighted by molar-refractivity contribution is 7.80. The lowest BCUT2D eigenvalue weighted by atomic mass is 10.3. The summed E-state index contributed by atoms with van der Waals surface area (Å²) in [6.45, 7) is 2.71. The average Bonchev–Trinajstić information content (AvgIpc) is 2.75. The van der Waals surface area contributed by atoms with Gasteiger partial charge < -0.3 is 11.1 Å². The quantitative estimate of drug-likeness (QED) is 0.808. The maximum atomic E-state index is 5.58. The van der Waals surface area contributed by atoms with E-state index in [1.807, 2.05) is 6.92 Å². The molecule has 0 saturated carbocycles. The van der Waals surface area contributed by atoms with Crippen LogP contribution in [0.15, 0.2) is 17.8 Å². The highest BCUT2D eigenvalue weighted by atomic mass is 32.1. The lowest BCUT2D eigenvalue weighted by Crippen LogP contribution is -2.17. The number of thiazole rings is 1. The minimum atomic E-state index is 0.245. The molecule has 2 rings (SSSR count). The first-order chi connectivity index (χ1) is 8.66. The predicted molar refractivity (Wildman–Crippen MR) is 77.0 cm³/mol. The molecule has 2 heterocycles. The van der Waals surface area contributed by atoms with Gasteiger partial charge in [0.15, 0.2) is 5.82 Å². The molecule has 0 fully saturated rings. The van der Waals surface area contributed by atoms with Gasteiger partial charge >= 0.3 is 0 Å². The van der Waals surface area contributed by atoms with Crippen LogP contribution in [0.2, 0.25) is 0 Å². The Morgan fingerprint density at radius 1 is 1.44 bits per heavy atom. The van der Waals surface area contributed by atoms with Crippen LogP contribution in [0.1, 0.15) is 16.4 Å². The summed E-state index contributed by atoms with van der Waals surface area (Å²) in [5.74, 6) is 0.622. The van der Waals surface area contributed by atoms with Crippen molar-refractivity contribution in [3.8, 4) is 0 Å². The molecule has 2 aromatic rings. The molecule has 0 aliphatic rings. The Hall–Kier alpha value is -1.60. The molecule has 3 N–H and O–H groups in total. The molecule has 0 amide bonds. The third-order valence-electron chi connectivity index (χ3n) is 2.27. The van der Waals surface area contributed by atoms with E-state index in [2.05, 4.69) is 25.6 Å². The number of aryl methyl sites for hydroxylation is 1. The molecular formula is C11H13N5S2. The van der Waals surface area contributed by atoms with Crippen LogP contribution in [0.5, 0.6) is 0 Å². The summed E-state index contributed by atoms with van der Waals surface area (Å²) in [5, 5.41) is 6.31. The van der Waals surface area contributed by atoms with Gasteiger partial charge in [-0.1, -0.05) is 12.2 Å². The Morgan fingerprint density at radius 2 is 2.22 bits per heavy atom. The minimum Gasteiger partial charge on any atom is -0.388 e. The van der Waals surface area contributed by atoms with Crippen molar-refractivity contribution in [3.05, 3.63) is 34.2 Å². The second kappa shape index (κ2) is 5.83. The number of aromatic nitrogens is 3. The van der Waals surface area contributed by atoms with Gasteiger partial charge in [-0.2, -0.15) is 0 Å². The van der Waals surface area contributed by atoms with Crippen LogP contribution in [-0.4, -0.2) is 26.5 Å². The lowest BCUT2D eigenvalue weighted by Gasteiger charge is -2.07. The Kier molecular flexibility index (Phi) is 4.16. The summed E-state index contributed by atoms with van der Waals surface area (Å²) >= 11 is 6.57. The van der Waals surface area contributed by atoms with E-state index < -0.39 is 0 Å². The molecule has 7 heteroatoms. The Bertz CT molecular complexity index is 552. The lowest BCUT2D eigenvalue weighted by molar-refractivity contribution is 0.955. The molecule has 0 radical (unpaired) electrons. The highest BCUT2D eigenvalue weighted by Gasteiger charge is 2.07. The summed E-state index contributed by atoms with van der Waals surface area (Å²) in [5.41, 5.74) is 7.18. The number of nitrogens with one attached hydrogen (secondary N) is 1.